The molecule has 1 N–H and O–H groups in total. The van der Waals surface area contributed by atoms with Gasteiger partial charge in [0.05, 0.1) is 13.2 Å². The molecule has 1 heterocycles. The van der Waals surface area contributed by atoms with Crippen LogP contribution < -0.4 is 5.32 Å². The molecule has 1 aliphatic rings. The topological polar surface area (TPSA) is 61.9 Å². The van der Waals surface area contributed by atoms with Gasteiger partial charge in [-0.2, -0.15) is 0 Å². The number of rotatable bonds is 3. The van der Waals surface area contributed by atoms with Gasteiger partial charge in [-0.15, -0.1) is 0 Å². The number of benzene rings is 1. The highest BCUT2D eigenvalue weighted by molar-refractivity contribution is 5.82. The number of hydrogen-bond acceptors (Lipinski definition) is 3. The lowest BCUT2D eigenvalue weighted by Gasteiger charge is -2.33. The van der Waals surface area contributed by atoms with E-state index in [1.807, 2.05) is 0 Å². The van der Waals surface area contributed by atoms with Crippen molar-refractivity contribution >= 4 is 11.9 Å². The molecule has 0 aromatic heterocycles. The van der Waals surface area contributed by atoms with Crippen LogP contribution in [-0.2, 0) is 16.1 Å². The molecular formula is C15H18F3N3O3. The van der Waals surface area contributed by atoms with Crippen LogP contribution in [0.2, 0.25) is 0 Å². The number of urea groups is 1. The van der Waals surface area contributed by atoms with E-state index in [1.54, 1.807) is 14.1 Å². The maximum Gasteiger partial charge on any atom is 0.317 e. The third-order valence-electron chi connectivity index (χ3n) is 3.56. The number of hydrogen-bond donors (Lipinski definition) is 1. The van der Waals surface area contributed by atoms with Crippen molar-refractivity contribution in [2.75, 3.05) is 33.8 Å². The zero-order valence-electron chi connectivity index (χ0n) is 13.3. The number of ether oxygens (including phenoxy) is 1. The van der Waals surface area contributed by atoms with Crippen LogP contribution in [0.5, 0.6) is 0 Å². The van der Waals surface area contributed by atoms with Gasteiger partial charge in [0.2, 0.25) is 0 Å². The number of nitrogens with one attached hydrogen (secondary N) is 1. The lowest BCUT2D eigenvalue weighted by molar-refractivity contribution is -0.145. The molecule has 9 heteroatoms. The number of morpholine rings is 1. The fraction of sp³-hybridized carbons (Fsp3) is 0.467. The Kier molecular flexibility index (Phi) is 5.66. The Labute approximate surface area is 137 Å². The lowest BCUT2D eigenvalue weighted by atomic mass is 10.2. The van der Waals surface area contributed by atoms with E-state index in [0.717, 1.165) is 12.1 Å². The van der Waals surface area contributed by atoms with Crippen molar-refractivity contribution in [3.8, 4) is 0 Å². The minimum Gasteiger partial charge on any atom is -0.365 e. The standard InChI is InChI=1S/C15H18F3N3O3/c1-20(2)14(22)12-8-21(3-4-24-12)15(23)19-7-9-5-10(16)13(18)11(17)6-9/h5-6,12H,3-4,7-8H2,1-2H3,(H,19,23)/t12-/m1/s1. The molecule has 6 nitrogen and oxygen atoms in total. The third-order valence-corrected chi connectivity index (χ3v) is 3.56. The fourth-order valence-corrected chi connectivity index (χ4v) is 2.27. The summed E-state index contributed by atoms with van der Waals surface area (Å²) in [7, 11) is 3.17. The van der Waals surface area contributed by atoms with Gasteiger partial charge in [0.25, 0.3) is 5.91 Å². The molecule has 0 spiro atoms. The first-order chi connectivity index (χ1) is 11.3. The lowest BCUT2D eigenvalue weighted by Crippen LogP contribution is -2.53. The molecule has 0 bridgehead atoms. The van der Waals surface area contributed by atoms with Gasteiger partial charge >= 0.3 is 6.03 Å². The first kappa shape index (κ1) is 18.1. The molecule has 1 aliphatic heterocycles. The zero-order valence-corrected chi connectivity index (χ0v) is 13.3. The van der Waals surface area contributed by atoms with Crippen LogP contribution in [0.25, 0.3) is 0 Å². The van der Waals surface area contributed by atoms with Gasteiger partial charge < -0.3 is 19.9 Å². The van der Waals surface area contributed by atoms with Gasteiger partial charge in [-0.3, -0.25) is 4.79 Å². The molecule has 0 radical (unpaired) electrons. The van der Waals surface area contributed by atoms with E-state index in [9.17, 15) is 22.8 Å². The first-order valence-corrected chi connectivity index (χ1v) is 7.28. The number of likely N-dealkylation sites (N-methyl/N-ethyl adjacent to an activating group) is 1. The normalized spacial score (nSPS) is 17.5. The molecular weight excluding hydrogens is 327 g/mol. The van der Waals surface area contributed by atoms with Crippen molar-refractivity contribution in [2.24, 2.45) is 0 Å². The molecule has 24 heavy (non-hydrogen) atoms. The van der Waals surface area contributed by atoms with Gasteiger partial charge in [0.15, 0.2) is 23.6 Å². The third kappa shape index (κ3) is 4.16. The molecule has 1 aromatic rings. The summed E-state index contributed by atoms with van der Waals surface area (Å²) in [5, 5.41) is 2.48. The Morgan fingerprint density at radius 3 is 2.50 bits per heavy atom. The Balaban J connectivity index is 1.94. The predicted octanol–water partition coefficient (Wildman–Crippen LogP) is 1.10. The Hall–Kier alpha value is -2.29. The first-order valence-electron chi connectivity index (χ1n) is 7.28. The van der Waals surface area contributed by atoms with E-state index < -0.39 is 29.6 Å². The summed E-state index contributed by atoms with van der Waals surface area (Å²) in [6.45, 7) is 0.401. The van der Waals surface area contributed by atoms with Crippen molar-refractivity contribution in [3.05, 3.63) is 35.1 Å². The molecule has 2 rings (SSSR count). The predicted molar refractivity (Wildman–Crippen MR) is 78.6 cm³/mol. The van der Waals surface area contributed by atoms with E-state index in [2.05, 4.69) is 5.32 Å². The van der Waals surface area contributed by atoms with Gasteiger partial charge in [0, 0.05) is 27.2 Å². The van der Waals surface area contributed by atoms with Crippen molar-refractivity contribution in [1.29, 1.82) is 0 Å². The second kappa shape index (κ2) is 7.52. The largest absolute Gasteiger partial charge is 0.365 e. The van der Waals surface area contributed by atoms with Crippen molar-refractivity contribution < 1.29 is 27.5 Å². The van der Waals surface area contributed by atoms with Gasteiger partial charge in [-0.1, -0.05) is 0 Å². The monoisotopic (exact) mass is 345 g/mol. The second-order valence-corrected chi connectivity index (χ2v) is 5.57. The van der Waals surface area contributed by atoms with Crippen LogP contribution in [-0.4, -0.2) is 61.6 Å². The number of carbonyl (C=O) groups excluding carboxylic acids is 2. The van der Waals surface area contributed by atoms with Crippen LogP contribution in [0.15, 0.2) is 12.1 Å². The summed E-state index contributed by atoms with van der Waals surface area (Å²) in [5.41, 5.74) is 0.0916. The van der Waals surface area contributed by atoms with Crippen LogP contribution in [0.3, 0.4) is 0 Å². The summed E-state index contributed by atoms with van der Waals surface area (Å²) in [4.78, 5) is 26.7. The quantitative estimate of drug-likeness (QED) is 0.835. The summed E-state index contributed by atoms with van der Waals surface area (Å²) < 4.78 is 44.5. The van der Waals surface area contributed by atoms with Crippen molar-refractivity contribution in [3.63, 3.8) is 0 Å². The summed E-state index contributed by atoms with van der Waals surface area (Å²) in [5.74, 6) is -4.44. The van der Waals surface area contributed by atoms with Crippen molar-refractivity contribution in [2.45, 2.75) is 12.6 Å². The number of amides is 3. The summed E-state index contributed by atoms with van der Waals surface area (Å²) in [6.07, 6.45) is -0.750. The smallest absolute Gasteiger partial charge is 0.317 e. The summed E-state index contributed by atoms with van der Waals surface area (Å²) in [6, 6.07) is 1.13. The van der Waals surface area contributed by atoms with Crippen LogP contribution in [0.4, 0.5) is 18.0 Å². The Bertz CT molecular complexity index is 617. The van der Waals surface area contributed by atoms with Gasteiger partial charge in [0.1, 0.15) is 0 Å². The fourth-order valence-electron chi connectivity index (χ4n) is 2.27. The Morgan fingerprint density at radius 1 is 1.29 bits per heavy atom. The molecule has 1 aromatic carbocycles. The molecule has 0 saturated carbocycles. The van der Waals surface area contributed by atoms with Crippen LogP contribution in [0.1, 0.15) is 5.56 Å². The molecule has 1 fully saturated rings. The van der Waals surface area contributed by atoms with Crippen molar-refractivity contribution in [1.82, 2.24) is 15.1 Å². The molecule has 1 saturated heterocycles. The van der Waals surface area contributed by atoms with E-state index in [-0.39, 0.29) is 37.7 Å². The molecule has 3 amide bonds. The SMILES string of the molecule is CN(C)C(=O)[C@H]1CN(C(=O)NCc2cc(F)c(F)c(F)c2)CCO1. The highest BCUT2D eigenvalue weighted by atomic mass is 19.2. The zero-order chi connectivity index (χ0) is 17.9. The number of nitrogens with zero attached hydrogens (tertiary/aromatic N) is 2. The molecule has 0 unspecified atom stereocenters. The molecule has 0 aliphatic carbocycles. The van der Waals surface area contributed by atoms with E-state index in [4.69, 9.17) is 4.74 Å². The molecule has 132 valence electrons. The Morgan fingerprint density at radius 2 is 1.92 bits per heavy atom. The second-order valence-electron chi connectivity index (χ2n) is 5.57. The van der Waals surface area contributed by atoms with Crippen LogP contribution >= 0.6 is 0 Å². The molecule has 1 atom stereocenters. The average Bonchev–Trinajstić information content (AvgIpc) is 2.56. The van der Waals surface area contributed by atoms with E-state index in [1.165, 1.54) is 9.80 Å². The van der Waals surface area contributed by atoms with E-state index in [0.29, 0.717) is 0 Å². The minimum absolute atomic E-state index is 0.0784. The van der Waals surface area contributed by atoms with Gasteiger partial charge in [-0.05, 0) is 17.7 Å². The summed E-state index contributed by atoms with van der Waals surface area (Å²) >= 11 is 0. The number of carbonyl (C=O) groups is 2. The maximum atomic E-state index is 13.1. The maximum absolute atomic E-state index is 13.1. The van der Waals surface area contributed by atoms with E-state index >= 15 is 0 Å². The highest BCUT2D eigenvalue weighted by Crippen LogP contribution is 2.14. The van der Waals surface area contributed by atoms with Crippen LogP contribution in [0, 0.1) is 17.5 Å². The highest BCUT2D eigenvalue weighted by Gasteiger charge is 2.30. The average molecular weight is 345 g/mol. The number of halogens is 3. The van der Waals surface area contributed by atoms with Gasteiger partial charge in [-0.25, -0.2) is 18.0 Å². The minimum atomic E-state index is -1.55.